The zero-order valence-corrected chi connectivity index (χ0v) is 66.3. The zero-order chi connectivity index (χ0) is 79.8. The monoisotopic (exact) mass is 1580 g/mol. The van der Waals surface area contributed by atoms with E-state index in [4.69, 9.17) is 85.9 Å². The van der Waals surface area contributed by atoms with Crippen molar-refractivity contribution in [1.82, 2.24) is 46.1 Å². The van der Waals surface area contributed by atoms with Crippen molar-refractivity contribution >= 4 is 41.4 Å². The molecular formula is C79H126N10O23. The number of carbonyl (C=O) groups is 6. The van der Waals surface area contributed by atoms with Crippen molar-refractivity contribution in [3.05, 3.63) is 89.4 Å². The van der Waals surface area contributed by atoms with Gasteiger partial charge in [-0.05, 0) is 105 Å². The number of likely N-dealkylation sites (N-methyl/N-ethyl adjacent to an activating group) is 1. The van der Waals surface area contributed by atoms with Crippen molar-refractivity contribution in [2.75, 3.05) is 244 Å². The number of aryl methyl sites for hydroxylation is 2. The molecule has 33 heteroatoms. The smallest absolute Gasteiger partial charge is 0.306 e. The summed E-state index contributed by atoms with van der Waals surface area (Å²) in [5.74, 6) is -0.840. The number of carboxylic acid groups (broad SMARTS) is 1. The number of ether oxygens (including phenoxy) is 16. The maximum Gasteiger partial charge on any atom is 0.306 e. The first-order chi connectivity index (χ1) is 54.9. The minimum absolute atomic E-state index is 0.0174. The number of anilines is 1. The van der Waals surface area contributed by atoms with Crippen molar-refractivity contribution < 1.29 is 110 Å². The van der Waals surface area contributed by atoms with Crippen LogP contribution in [0.25, 0.3) is 11.1 Å². The fraction of sp³-hybridized carbons (Fsp3) is 0.684. The molecule has 1 aliphatic heterocycles. The minimum atomic E-state index is -1.00. The average molecular weight is 1580 g/mol. The Hall–Kier alpha value is -7.45. The van der Waals surface area contributed by atoms with Crippen LogP contribution in [0.3, 0.4) is 0 Å². The van der Waals surface area contributed by atoms with Crippen LogP contribution in [0.2, 0.25) is 0 Å². The number of carbonyl (C=O) groups excluding carboxylic acids is 5. The van der Waals surface area contributed by atoms with E-state index in [1.807, 2.05) is 30.5 Å². The molecule has 5 rings (SSSR count). The van der Waals surface area contributed by atoms with Gasteiger partial charge in [-0.2, -0.15) is 0 Å². The highest BCUT2D eigenvalue weighted by atomic mass is 16.6. The van der Waals surface area contributed by atoms with Crippen LogP contribution in [0.4, 0.5) is 5.82 Å². The number of aromatic nitrogens is 4. The van der Waals surface area contributed by atoms with E-state index in [0.29, 0.717) is 190 Å². The number of rotatable bonds is 73. The van der Waals surface area contributed by atoms with Crippen LogP contribution >= 0.6 is 0 Å². The van der Waals surface area contributed by atoms with E-state index in [2.05, 4.69) is 85.2 Å². The molecule has 6 N–H and O–H groups in total. The van der Waals surface area contributed by atoms with Gasteiger partial charge in [0.15, 0.2) is 0 Å². The average Bonchev–Trinajstić information content (AvgIpc) is 0.972. The second kappa shape index (κ2) is 63.9. The van der Waals surface area contributed by atoms with E-state index in [9.17, 15) is 28.8 Å². The van der Waals surface area contributed by atoms with Gasteiger partial charge in [-0.15, -0.1) is 5.10 Å². The molecule has 112 heavy (non-hydrogen) atoms. The molecule has 3 heterocycles. The zero-order valence-electron chi connectivity index (χ0n) is 66.3. The number of hydrogen-bond acceptors (Lipinski definition) is 27. The molecule has 0 bridgehead atoms. The van der Waals surface area contributed by atoms with Crippen LogP contribution in [0, 0.1) is 0 Å². The van der Waals surface area contributed by atoms with Gasteiger partial charge in [-0.3, -0.25) is 28.8 Å². The Morgan fingerprint density at radius 3 is 1.71 bits per heavy atom. The quantitative estimate of drug-likeness (QED) is 0.0256. The lowest BCUT2D eigenvalue weighted by molar-refractivity contribution is -0.141. The van der Waals surface area contributed by atoms with E-state index in [1.54, 1.807) is 11.8 Å². The maximum atomic E-state index is 13.1. The molecule has 4 aromatic rings. The summed E-state index contributed by atoms with van der Waals surface area (Å²) in [4.78, 5) is 81.5. The summed E-state index contributed by atoms with van der Waals surface area (Å²) in [6.45, 7) is 14.4. The second-order valence-electron chi connectivity index (χ2n) is 26.3. The third-order valence-corrected chi connectivity index (χ3v) is 17.2. The highest BCUT2D eigenvalue weighted by Gasteiger charge is 2.23. The summed E-state index contributed by atoms with van der Waals surface area (Å²) < 4.78 is 90.0. The summed E-state index contributed by atoms with van der Waals surface area (Å²) >= 11 is 0. The summed E-state index contributed by atoms with van der Waals surface area (Å²) in [6.07, 6.45) is 9.09. The molecule has 630 valence electrons. The highest BCUT2D eigenvalue weighted by Crippen LogP contribution is 2.29. The van der Waals surface area contributed by atoms with E-state index >= 15 is 0 Å². The summed E-state index contributed by atoms with van der Waals surface area (Å²) in [7, 11) is 5.18. The third-order valence-electron chi connectivity index (χ3n) is 17.2. The first-order valence-corrected chi connectivity index (χ1v) is 39.4. The Labute approximate surface area is 660 Å². The van der Waals surface area contributed by atoms with Gasteiger partial charge >= 0.3 is 11.9 Å². The first kappa shape index (κ1) is 95.1. The SMILES string of the molecule is COCCOCCOCCOCCOCCC(=O)NCCNC(=O)CCC(NC(=O)CCOCCOCCOCCOCCOCc1cn(CCOCCOCCOCCOCCOc2ccc(-c3cccc([C@H](CC(=O)OC)CN(C)CCCCc4ccc5c(n4)NCCC5)c3)cc2)nn1)C(=O)NCCCCCC(=O)O. The Bertz CT molecular complexity index is 3120. The predicted octanol–water partition coefficient (Wildman–Crippen LogP) is 4.78. The normalized spacial score (nSPS) is 12.5. The molecule has 0 saturated heterocycles. The molecule has 33 nitrogen and oxygen atoms in total. The van der Waals surface area contributed by atoms with Crippen molar-refractivity contribution in [1.29, 1.82) is 0 Å². The molecule has 2 aromatic heterocycles. The van der Waals surface area contributed by atoms with E-state index < -0.39 is 23.8 Å². The first-order valence-electron chi connectivity index (χ1n) is 39.4. The number of aliphatic carboxylic acids is 1. The number of amides is 4. The summed E-state index contributed by atoms with van der Waals surface area (Å²) in [5.41, 5.74) is 6.35. The van der Waals surface area contributed by atoms with Crippen molar-refractivity contribution in [2.24, 2.45) is 0 Å². The summed E-state index contributed by atoms with van der Waals surface area (Å²) in [6, 6.07) is 19.8. The highest BCUT2D eigenvalue weighted by molar-refractivity contribution is 5.88. The number of nitrogens with zero attached hydrogens (tertiary/aromatic N) is 5. The molecule has 0 radical (unpaired) electrons. The van der Waals surface area contributed by atoms with E-state index in [0.717, 1.165) is 85.7 Å². The van der Waals surface area contributed by atoms with Gasteiger partial charge in [0.2, 0.25) is 23.6 Å². The van der Waals surface area contributed by atoms with Crippen LogP contribution in [0.1, 0.15) is 105 Å². The van der Waals surface area contributed by atoms with Crippen molar-refractivity contribution in [3.8, 4) is 16.9 Å². The molecule has 0 saturated carbocycles. The fourth-order valence-electron chi connectivity index (χ4n) is 11.2. The Balaban J connectivity index is 0.771. The van der Waals surface area contributed by atoms with Crippen LogP contribution in [0.15, 0.2) is 66.9 Å². The number of benzene rings is 2. The lowest BCUT2D eigenvalue weighted by Gasteiger charge is -2.24. The van der Waals surface area contributed by atoms with Crippen LogP contribution < -0.4 is 31.3 Å². The number of fused-ring (bicyclic) bond motifs is 1. The number of unbranched alkanes of at least 4 members (excludes halogenated alkanes) is 3. The van der Waals surface area contributed by atoms with Crippen molar-refractivity contribution in [2.45, 2.75) is 115 Å². The van der Waals surface area contributed by atoms with Crippen LogP contribution in [-0.4, -0.2) is 311 Å². The topological polar surface area (TPSA) is 377 Å². The number of methoxy groups -OCH3 is 2. The number of pyridine rings is 1. The maximum absolute atomic E-state index is 13.1. The van der Waals surface area contributed by atoms with Gasteiger partial charge in [0.05, 0.1) is 205 Å². The van der Waals surface area contributed by atoms with Gasteiger partial charge < -0.3 is 112 Å². The molecule has 2 aromatic carbocycles. The van der Waals surface area contributed by atoms with E-state index in [1.165, 1.54) is 12.7 Å². The molecule has 2 atom stereocenters. The number of carboxylic acids is 1. The number of nitrogens with one attached hydrogen (secondary N) is 5. The molecule has 4 amide bonds. The molecule has 0 aliphatic carbocycles. The Kier molecular flexibility index (Phi) is 54.3. The standard InChI is InChI=1S/C79H126N10O23/c1-88(30-8-6-14-69-19-16-65-13-10-27-82-78(65)84-69)61-68(60-77(95)98-3)67-12-9-11-66(59-67)64-17-20-71(21-18-64)112-58-57-110-54-53-108-50-47-105-42-39-101-34-31-89-62-70(86-87-89)63-111-56-55-109-52-51-107-49-46-104-41-38-100-33-25-75(92)85-72(79(96)83-26-7-4-5-15-76(93)94)22-23-73(90)80-28-29-81-74(91)24-32-99-37-40-103-45-48-106-44-43-102-36-35-97-2/h9,11-12,16-21,59,62,68,72H,4-8,10,13-15,22-58,60-61,63H2,1-3H3,(H,80,90)(H,81,91)(H,82,84)(H,83,96)(H,85,92)(H,93,94)/t68-,72?/m1/s1. The van der Waals surface area contributed by atoms with Crippen LogP contribution in [0.5, 0.6) is 5.75 Å². The van der Waals surface area contributed by atoms with Gasteiger partial charge in [0.1, 0.15) is 29.9 Å². The largest absolute Gasteiger partial charge is 0.491 e. The Morgan fingerprint density at radius 1 is 0.545 bits per heavy atom. The van der Waals surface area contributed by atoms with Crippen LogP contribution in [-0.2, 0) is 126 Å². The molecular weight excluding hydrogens is 1460 g/mol. The van der Waals surface area contributed by atoms with E-state index in [-0.39, 0.29) is 108 Å². The fourth-order valence-corrected chi connectivity index (χ4v) is 11.2. The predicted molar refractivity (Wildman–Crippen MR) is 415 cm³/mol. The molecule has 1 unspecified atom stereocenters. The molecule has 0 fully saturated rings. The van der Waals surface area contributed by atoms with Gasteiger partial charge in [-0.1, -0.05) is 54.1 Å². The minimum Gasteiger partial charge on any atom is -0.491 e. The number of hydrogen-bond donors (Lipinski definition) is 6. The number of esters is 1. The van der Waals surface area contributed by atoms with Gasteiger partial charge in [0.25, 0.3) is 0 Å². The Morgan fingerprint density at radius 2 is 1.11 bits per heavy atom. The summed E-state index contributed by atoms with van der Waals surface area (Å²) in [5, 5.41) is 31.5. The lowest BCUT2D eigenvalue weighted by Crippen LogP contribution is -2.47. The third kappa shape index (κ3) is 47.9. The molecule has 1 aliphatic rings. The molecule has 0 spiro atoms. The lowest BCUT2D eigenvalue weighted by atomic mass is 9.92. The van der Waals surface area contributed by atoms with Gasteiger partial charge in [0, 0.05) is 77.1 Å². The second-order valence-corrected chi connectivity index (χ2v) is 26.3. The van der Waals surface area contributed by atoms with Gasteiger partial charge in [-0.25, -0.2) is 9.67 Å². The van der Waals surface area contributed by atoms with Crippen molar-refractivity contribution in [3.63, 3.8) is 0 Å².